The molecule has 2 aliphatic rings. The molecule has 1 nitrogen and oxygen atoms in total. The van der Waals surface area contributed by atoms with Crippen LogP contribution in [0.2, 0.25) is 0 Å². The molecule has 6 unspecified atom stereocenters. The molecule has 0 spiro atoms. The Bertz CT molecular complexity index is 329. The highest BCUT2D eigenvalue weighted by atomic mass is 16.3. The summed E-state index contributed by atoms with van der Waals surface area (Å²) in [5.74, 6) is 3.51. The monoisotopic (exact) mass is 250 g/mol. The molecule has 0 amide bonds. The molecule has 1 fully saturated rings. The van der Waals surface area contributed by atoms with E-state index in [1.54, 1.807) is 5.57 Å². The van der Waals surface area contributed by atoms with Crippen LogP contribution in [0.25, 0.3) is 0 Å². The SMILES string of the molecule is CC1=CC(C)CC(C2CC(C)C(C)(O)CC2C)C1. The lowest BCUT2D eigenvalue weighted by Gasteiger charge is -2.47. The van der Waals surface area contributed by atoms with Crippen molar-refractivity contribution in [3.8, 4) is 0 Å². The van der Waals surface area contributed by atoms with Crippen LogP contribution in [0.4, 0.5) is 0 Å². The van der Waals surface area contributed by atoms with Crippen molar-refractivity contribution in [1.82, 2.24) is 0 Å². The highest BCUT2D eigenvalue weighted by Crippen LogP contribution is 2.47. The maximum absolute atomic E-state index is 10.4. The van der Waals surface area contributed by atoms with Crippen LogP contribution >= 0.6 is 0 Å². The molecule has 1 saturated carbocycles. The third kappa shape index (κ3) is 2.82. The van der Waals surface area contributed by atoms with E-state index in [0.29, 0.717) is 11.8 Å². The molecule has 0 saturated heterocycles. The predicted octanol–water partition coefficient (Wildman–Crippen LogP) is 4.41. The van der Waals surface area contributed by atoms with Crippen molar-refractivity contribution in [3.63, 3.8) is 0 Å². The predicted molar refractivity (Wildman–Crippen MR) is 77.3 cm³/mol. The number of hydrogen-bond acceptors (Lipinski definition) is 1. The summed E-state index contributed by atoms with van der Waals surface area (Å²) in [7, 11) is 0. The first-order valence-electron chi connectivity index (χ1n) is 7.69. The van der Waals surface area contributed by atoms with Gasteiger partial charge in [0.15, 0.2) is 0 Å². The minimum Gasteiger partial charge on any atom is -0.390 e. The highest BCUT2D eigenvalue weighted by Gasteiger charge is 2.42. The van der Waals surface area contributed by atoms with Gasteiger partial charge in [0.05, 0.1) is 5.60 Å². The molecule has 0 aromatic rings. The fourth-order valence-corrected chi connectivity index (χ4v) is 4.48. The zero-order valence-electron chi connectivity index (χ0n) is 12.7. The molecule has 0 bridgehead atoms. The first-order chi connectivity index (χ1) is 8.29. The second-order valence-corrected chi connectivity index (χ2v) is 7.53. The van der Waals surface area contributed by atoms with Crippen LogP contribution in [-0.2, 0) is 0 Å². The van der Waals surface area contributed by atoms with Gasteiger partial charge in [0.1, 0.15) is 0 Å². The second-order valence-electron chi connectivity index (χ2n) is 7.53. The van der Waals surface area contributed by atoms with E-state index in [4.69, 9.17) is 0 Å². The van der Waals surface area contributed by atoms with Crippen molar-refractivity contribution < 1.29 is 5.11 Å². The van der Waals surface area contributed by atoms with E-state index in [-0.39, 0.29) is 0 Å². The topological polar surface area (TPSA) is 20.2 Å². The van der Waals surface area contributed by atoms with E-state index in [2.05, 4.69) is 33.8 Å². The summed E-state index contributed by atoms with van der Waals surface area (Å²) in [5, 5.41) is 10.4. The Kier molecular flexibility index (Phi) is 3.92. The van der Waals surface area contributed by atoms with Crippen molar-refractivity contribution in [3.05, 3.63) is 11.6 Å². The van der Waals surface area contributed by atoms with Gasteiger partial charge in [0, 0.05) is 0 Å². The zero-order chi connectivity index (χ0) is 13.5. The van der Waals surface area contributed by atoms with Gasteiger partial charge >= 0.3 is 0 Å². The lowest BCUT2D eigenvalue weighted by Crippen LogP contribution is -2.44. The lowest BCUT2D eigenvalue weighted by atomic mass is 9.61. The van der Waals surface area contributed by atoms with Gasteiger partial charge in [-0.2, -0.15) is 0 Å². The zero-order valence-corrected chi connectivity index (χ0v) is 12.7. The molecule has 0 heterocycles. The van der Waals surface area contributed by atoms with Gasteiger partial charge in [-0.05, 0) is 69.1 Å². The number of allylic oxidation sites excluding steroid dienone is 2. The van der Waals surface area contributed by atoms with Gasteiger partial charge in [-0.1, -0.05) is 32.4 Å². The van der Waals surface area contributed by atoms with E-state index in [1.807, 2.05) is 6.92 Å². The van der Waals surface area contributed by atoms with Gasteiger partial charge in [-0.3, -0.25) is 0 Å². The normalized spacial score (nSPS) is 49.9. The van der Waals surface area contributed by atoms with Crippen molar-refractivity contribution in [1.29, 1.82) is 0 Å². The maximum atomic E-state index is 10.4. The van der Waals surface area contributed by atoms with E-state index >= 15 is 0 Å². The molecule has 1 heteroatoms. The maximum Gasteiger partial charge on any atom is 0.0647 e. The van der Waals surface area contributed by atoms with Crippen molar-refractivity contribution in [2.75, 3.05) is 0 Å². The molecule has 0 radical (unpaired) electrons. The van der Waals surface area contributed by atoms with E-state index in [1.165, 1.54) is 19.3 Å². The van der Waals surface area contributed by atoms with E-state index < -0.39 is 5.60 Å². The number of rotatable bonds is 1. The van der Waals surface area contributed by atoms with Gasteiger partial charge in [0.25, 0.3) is 0 Å². The molecule has 18 heavy (non-hydrogen) atoms. The molecular formula is C17H30O. The highest BCUT2D eigenvalue weighted by molar-refractivity contribution is 5.08. The van der Waals surface area contributed by atoms with E-state index in [9.17, 15) is 5.11 Å². The summed E-state index contributed by atoms with van der Waals surface area (Å²) in [6.07, 6.45) is 7.27. The Labute approximate surface area is 113 Å². The average molecular weight is 250 g/mol. The minimum absolute atomic E-state index is 0.443. The van der Waals surface area contributed by atoms with Crippen LogP contribution in [0.1, 0.15) is 60.3 Å². The number of aliphatic hydroxyl groups is 1. The molecule has 104 valence electrons. The third-order valence-electron chi connectivity index (χ3n) is 5.59. The summed E-state index contributed by atoms with van der Waals surface area (Å²) in [6, 6.07) is 0. The molecule has 2 rings (SSSR count). The molecule has 1 N–H and O–H groups in total. The Morgan fingerprint density at radius 1 is 1.22 bits per heavy atom. The van der Waals surface area contributed by atoms with E-state index in [0.717, 1.165) is 24.2 Å². The second kappa shape index (κ2) is 5.00. The quantitative estimate of drug-likeness (QED) is 0.683. The number of hydrogen-bond donors (Lipinski definition) is 1. The van der Waals surface area contributed by atoms with Crippen LogP contribution in [0, 0.1) is 29.6 Å². The largest absolute Gasteiger partial charge is 0.390 e. The Morgan fingerprint density at radius 2 is 1.89 bits per heavy atom. The molecule has 2 aliphatic carbocycles. The van der Waals surface area contributed by atoms with Gasteiger partial charge in [-0.15, -0.1) is 0 Å². The first-order valence-corrected chi connectivity index (χ1v) is 7.69. The van der Waals surface area contributed by atoms with Crippen LogP contribution in [0.5, 0.6) is 0 Å². The van der Waals surface area contributed by atoms with Crippen LogP contribution in [0.3, 0.4) is 0 Å². The summed E-state index contributed by atoms with van der Waals surface area (Å²) >= 11 is 0. The fraction of sp³-hybridized carbons (Fsp3) is 0.882. The van der Waals surface area contributed by atoms with Gasteiger partial charge < -0.3 is 5.11 Å². The Morgan fingerprint density at radius 3 is 2.50 bits per heavy atom. The standard InChI is InChI=1S/C17H30O/c1-11-6-12(2)8-15(7-11)16-9-14(4)17(5,18)10-13(16)3/h6,11,13-16,18H,7-10H2,1-5H3. The molecule has 6 atom stereocenters. The van der Waals surface area contributed by atoms with Crippen molar-refractivity contribution in [2.45, 2.75) is 65.9 Å². The summed E-state index contributed by atoms with van der Waals surface area (Å²) in [5.41, 5.74) is 1.14. The summed E-state index contributed by atoms with van der Waals surface area (Å²) in [6.45, 7) is 11.2. The van der Waals surface area contributed by atoms with Crippen molar-refractivity contribution in [2.24, 2.45) is 29.6 Å². The average Bonchev–Trinajstić information content (AvgIpc) is 2.21. The van der Waals surface area contributed by atoms with Gasteiger partial charge in [-0.25, -0.2) is 0 Å². The lowest BCUT2D eigenvalue weighted by molar-refractivity contribution is -0.0720. The molecular weight excluding hydrogens is 220 g/mol. The summed E-state index contributed by atoms with van der Waals surface area (Å²) in [4.78, 5) is 0. The van der Waals surface area contributed by atoms with Crippen LogP contribution in [0.15, 0.2) is 11.6 Å². The molecule has 0 aromatic carbocycles. The minimum atomic E-state index is -0.443. The van der Waals surface area contributed by atoms with Crippen molar-refractivity contribution >= 4 is 0 Å². The van der Waals surface area contributed by atoms with Crippen LogP contribution in [-0.4, -0.2) is 10.7 Å². The smallest absolute Gasteiger partial charge is 0.0647 e. The summed E-state index contributed by atoms with van der Waals surface area (Å²) < 4.78 is 0. The third-order valence-corrected chi connectivity index (χ3v) is 5.59. The first kappa shape index (κ1) is 14.1. The van der Waals surface area contributed by atoms with Crippen LogP contribution < -0.4 is 0 Å². The molecule has 0 aromatic heterocycles. The Hall–Kier alpha value is -0.300. The molecule has 0 aliphatic heterocycles. The van der Waals surface area contributed by atoms with Gasteiger partial charge in [0.2, 0.25) is 0 Å². The Balaban J connectivity index is 2.08. The fourth-order valence-electron chi connectivity index (χ4n) is 4.48.